The van der Waals surface area contributed by atoms with Crippen molar-refractivity contribution >= 4 is 0 Å². The van der Waals surface area contributed by atoms with Gasteiger partial charge in [-0.3, -0.25) is 0 Å². The predicted octanol–water partition coefficient (Wildman–Crippen LogP) is 9.35. The van der Waals surface area contributed by atoms with E-state index in [1.807, 2.05) is 0 Å². The Labute approximate surface area is 199 Å². The Hall–Kier alpha value is -0.720. The molecule has 8 atom stereocenters. The van der Waals surface area contributed by atoms with E-state index in [4.69, 9.17) is 0 Å². The highest BCUT2D eigenvalue weighted by Gasteiger charge is 2.66. The van der Waals surface area contributed by atoms with Gasteiger partial charge < -0.3 is 5.11 Å². The zero-order valence-electron chi connectivity index (χ0n) is 22.7. The Kier molecular flexibility index (Phi) is 6.03. The summed E-state index contributed by atoms with van der Waals surface area (Å²) in [6, 6.07) is 0. The molecule has 0 radical (unpaired) electrons. The van der Waals surface area contributed by atoms with Crippen molar-refractivity contribution in [3.8, 4) is 0 Å². The summed E-state index contributed by atoms with van der Waals surface area (Å²) in [5.74, 6) is 5.28. The molecule has 4 rings (SSSR count). The van der Waals surface area contributed by atoms with Gasteiger partial charge in [0.2, 0.25) is 0 Å². The number of aliphatic hydroxyl groups excluding tert-OH is 1. The van der Waals surface area contributed by atoms with Crippen molar-refractivity contribution in [2.75, 3.05) is 0 Å². The van der Waals surface area contributed by atoms with E-state index in [1.165, 1.54) is 50.5 Å². The molecular formula is C31H52O. The number of hydrogen-bond donors (Lipinski definition) is 1. The summed E-state index contributed by atoms with van der Waals surface area (Å²) in [6.45, 7) is 22.3. The Balaban J connectivity index is 1.62. The molecule has 2 saturated carbocycles. The second-order valence-corrected chi connectivity index (χ2v) is 14.2. The van der Waals surface area contributed by atoms with Crippen LogP contribution in [0.15, 0.2) is 23.5 Å². The molecule has 182 valence electrons. The van der Waals surface area contributed by atoms with E-state index in [9.17, 15) is 5.11 Å². The van der Waals surface area contributed by atoms with Gasteiger partial charge >= 0.3 is 0 Å². The number of allylic oxidation sites excluding steroid dienone is 3. The minimum absolute atomic E-state index is 0.147. The first-order valence-corrected chi connectivity index (χ1v) is 13.9. The molecule has 32 heavy (non-hydrogen) atoms. The van der Waals surface area contributed by atoms with Gasteiger partial charge in [-0.2, -0.15) is 0 Å². The molecule has 0 saturated heterocycles. The van der Waals surface area contributed by atoms with Crippen LogP contribution in [0.5, 0.6) is 0 Å². The average Bonchev–Trinajstić information content (AvgIpc) is 3.00. The van der Waals surface area contributed by atoms with E-state index in [1.54, 1.807) is 0 Å². The first-order chi connectivity index (χ1) is 14.8. The Morgan fingerprint density at radius 3 is 2.19 bits per heavy atom. The van der Waals surface area contributed by atoms with E-state index < -0.39 is 0 Å². The summed E-state index contributed by atoms with van der Waals surface area (Å²) in [5.41, 5.74) is 2.40. The Bertz CT molecular complexity index is 786. The Morgan fingerprint density at radius 1 is 0.875 bits per heavy atom. The molecule has 0 spiro atoms. The Morgan fingerprint density at radius 2 is 1.53 bits per heavy atom. The second kappa shape index (κ2) is 7.91. The summed E-state index contributed by atoms with van der Waals surface area (Å²) in [4.78, 5) is 0. The van der Waals surface area contributed by atoms with Crippen molar-refractivity contribution in [2.45, 2.75) is 114 Å². The van der Waals surface area contributed by atoms with Crippen LogP contribution in [0.2, 0.25) is 0 Å². The van der Waals surface area contributed by atoms with Gasteiger partial charge in [0.1, 0.15) is 0 Å². The molecule has 0 aromatic rings. The van der Waals surface area contributed by atoms with Crippen LogP contribution >= 0.6 is 0 Å². The molecule has 0 aromatic carbocycles. The van der Waals surface area contributed by atoms with Crippen molar-refractivity contribution in [3.05, 3.63) is 23.5 Å². The maximum absolute atomic E-state index is 11.3. The van der Waals surface area contributed by atoms with Crippen LogP contribution in [0, 0.1) is 57.2 Å². The zero-order valence-corrected chi connectivity index (χ0v) is 22.7. The molecule has 0 amide bonds. The second-order valence-electron chi connectivity index (χ2n) is 14.2. The van der Waals surface area contributed by atoms with Crippen molar-refractivity contribution in [1.82, 2.24) is 0 Å². The third-order valence-corrected chi connectivity index (χ3v) is 12.2. The molecule has 2 fully saturated rings. The fourth-order valence-electron chi connectivity index (χ4n) is 9.39. The molecular weight excluding hydrogens is 388 g/mol. The standard InChI is InChI=1S/C31H52O/c1-20(2)21(3)10-11-22(4)23-14-18-30(8)24-12-13-26-28(5,6)17-16-27(32)31(26,9)25(24)15-19-29(23,30)7/h13,16,20-25,32H,10-12,14-15,17-19H2,1-9H3/t21-,22+,23+,24-,25+,29+,30-,31-/m1/s1. The van der Waals surface area contributed by atoms with Crippen molar-refractivity contribution in [3.63, 3.8) is 0 Å². The highest BCUT2D eigenvalue weighted by Crippen LogP contribution is 2.73. The molecule has 0 aliphatic heterocycles. The lowest BCUT2D eigenvalue weighted by Gasteiger charge is -2.63. The fourth-order valence-corrected chi connectivity index (χ4v) is 9.39. The molecule has 1 heteroatoms. The molecule has 0 unspecified atom stereocenters. The molecule has 4 aliphatic rings. The average molecular weight is 441 g/mol. The first-order valence-electron chi connectivity index (χ1n) is 13.9. The number of hydrogen-bond acceptors (Lipinski definition) is 1. The summed E-state index contributed by atoms with van der Waals surface area (Å²) in [5, 5.41) is 11.3. The van der Waals surface area contributed by atoms with E-state index in [-0.39, 0.29) is 10.8 Å². The third kappa shape index (κ3) is 3.30. The zero-order chi connectivity index (χ0) is 23.7. The summed E-state index contributed by atoms with van der Waals surface area (Å²) in [7, 11) is 0. The van der Waals surface area contributed by atoms with E-state index >= 15 is 0 Å². The van der Waals surface area contributed by atoms with Gasteiger partial charge in [0.05, 0.1) is 5.76 Å². The van der Waals surface area contributed by atoms with Gasteiger partial charge in [-0.25, -0.2) is 0 Å². The van der Waals surface area contributed by atoms with Crippen LogP contribution < -0.4 is 0 Å². The molecule has 4 aliphatic carbocycles. The normalized spacial score (nSPS) is 44.8. The molecule has 0 bridgehead atoms. The van der Waals surface area contributed by atoms with Crippen LogP contribution in [-0.4, -0.2) is 5.11 Å². The summed E-state index contributed by atoms with van der Waals surface area (Å²) in [6.07, 6.45) is 15.1. The molecule has 0 heterocycles. The van der Waals surface area contributed by atoms with Crippen molar-refractivity contribution in [2.24, 2.45) is 57.2 Å². The monoisotopic (exact) mass is 440 g/mol. The lowest BCUT2D eigenvalue weighted by molar-refractivity contribution is -0.110. The highest BCUT2D eigenvalue weighted by atomic mass is 16.3. The van der Waals surface area contributed by atoms with E-state index in [2.05, 4.69) is 74.5 Å². The van der Waals surface area contributed by atoms with Crippen LogP contribution in [0.4, 0.5) is 0 Å². The van der Waals surface area contributed by atoms with Gasteiger partial charge in [-0.05, 0) is 103 Å². The first kappa shape index (κ1) is 24.4. The van der Waals surface area contributed by atoms with Crippen LogP contribution in [0.25, 0.3) is 0 Å². The van der Waals surface area contributed by atoms with Gasteiger partial charge in [0.15, 0.2) is 0 Å². The molecule has 1 N–H and O–H groups in total. The highest BCUT2D eigenvalue weighted by molar-refractivity contribution is 5.39. The number of aliphatic hydroxyl groups is 1. The minimum Gasteiger partial charge on any atom is -0.512 e. The van der Waals surface area contributed by atoms with Gasteiger partial charge in [-0.15, -0.1) is 0 Å². The van der Waals surface area contributed by atoms with Crippen molar-refractivity contribution < 1.29 is 5.11 Å². The summed E-state index contributed by atoms with van der Waals surface area (Å²) >= 11 is 0. The number of rotatable bonds is 5. The SMILES string of the molecule is CC(C)[C@H](C)CC[C@H](C)[C@@H]1CC[C@]2(C)[C@@H]3CC=C4C(C)(C)CC=C(O)[C@]4(C)[C@H]3CC[C@@]12C. The largest absolute Gasteiger partial charge is 0.512 e. The quantitative estimate of drug-likeness (QED) is 0.422. The van der Waals surface area contributed by atoms with Crippen LogP contribution in [0.3, 0.4) is 0 Å². The maximum Gasteiger partial charge on any atom is 0.0985 e. The molecule has 0 aromatic heterocycles. The van der Waals surface area contributed by atoms with Gasteiger partial charge in [-0.1, -0.05) is 79.9 Å². The topological polar surface area (TPSA) is 20.2 Å². The van der Waals surface area contributed by atoms with Crippen LogP contribution in [-0.2, 0) is 0 Å². The smallest absolute Gasteiger partial charge is 0.0985 e. The van der Waals surface area contributed by atoms with E-state index in [0.29, 0.717) is 28.4 Å². The fraction of sp³-hybridized carbons (Fsp3) is 0.871. The van der Waals surface area contributed by atoms with Gasteiger partial charge in [0.25, 0.3) is 0 Å². The van der Waals surface area contributed by atoms with Crippen LogP contribution in [0.1, 0.15) is 114 Å². The lowest BCUT2D eigenvalue weighted by Crippen LogP contribution is -2.56. The molecule has 1 nitrogen and oxygen atoms in total. The predicted molar refractivity (Wildman–Crippen MR) is 137 cm³/mol. The minimum atomic E-state index is -0.147. The van der Waals surface area contributed by atoms with Crippen molar-refractivity contribution in [1.29, 1.82) is 0 Å². The number of fused-ring (bicyclic) bond motifs is 5. The summed E-state index contributed by atoms with van der Waals surface area (Å²) < 4.78 is 0. The lowest BCUT2D eigenvalue weighted by atomic mass is 9.41. The van der Waals surface area contributed by atoms with E-state index in [0.717, 1.165) is 30.1 Å². The maximum atomic E-state index is 11.3. The van der Waals surface area contributed by atoms with Gasteiger partial charge in [0, 0.05) is 5.41 Å². The third-order valence-electron chi connectivity index (χ3n) is 12.2.